The van der Waals surface area contributed by atoms with E-state index in [1.807, 2.05) is 23.6 Å². The Morgan fingerprint density at radius 1 is 1.32 bits per heavy atom. The van der Waals surface area contributed by atoms with E-state index in [-0.39, 0.29) is 11.9 Å². The van der Waals surface area contributed by atoms with Gasteiger partial charge in [-0.2, -0.15) is 5.10 Å². The molecule has 0 spiro atoms. The quantitative estimate of drug-likeness (QED) is 0.754. The van der Waals surface area contributed by atoms with Crippen LogP contribution in [-0.2, 0) is 0 Å². The Morgan fingerprint density at radius 3 is 3.04 bits per heavy atom. The second-order valence-electron chi connectivity index (χ2n) is 6.03. The summed E-state index contributed by atoms with van der Waals surface area (Å²) >= 11 is 1.66. The van der Waals surface area contributed by atoms with Crippen LogP contribution in [0.3, 0.4) is 0 Å². The molecular weight excluding hydrogens is 339 g/mol. The number of amides is 1. The third-order valence-corrected chi connectivity index (χ3v) is 5.19. The molecular formula is C18H17FN4OS. The predicted molar refractivity (Wildman–Crippen MR) is 96.4 cm³/mol. The topological polar surface area (TPSA) is 61.0 Å². The van der Waals surface area contributed by atoms with Crippen molar-refractivity contribution in [1.29, 1.82) is 0 Å². The first-order chi connectivity index (χ1) is 12.2. The first kappa shape index (κ1) is 15.8. The van der Waals surface area contributed by atoms with Crippen LogP contribution in [0.1, 0.15) is 16.8 Å². The van der Waals surface area contributed by atoms with Gasteiger partial charge in [0.1, 0.15) is 5.82 Å². The molecule has 1 aromatic carbocycles. The predicted octanol–water partition coefficient (Wildman–Crippen LogP) is 3.29. The SMILES string of the molecule is O=C(N[C@@H]1CCN(c2cc(-c3cccs3)[nH]n2)C1)c1cccc(F)c1. The number of aromatic amines is 1. The van der Waals surface area contributed by atoms with Crippen molar-refractivity contribution < 1.29 is 9.18 Å². The Bertz CT molecular complexity index is 877. The molecule has 3 aromatic rings. The smallest absolute Gasteiger partial charge is 0.251 e. The number of thiophene rings is 1. The van der Waals surface area contributed by atoms with E-state index in [9.17, 15) is 9.18 Å². The lowest BCUT2D eigenvalue weighted by atomic mass is 10.2. The summed E-state index contributed by atoms with van der Waals surface area (Å²) in [4.78, 5) is 15.5. The highest BCUT2D eigenvalue weighted by atomic mass is 32.1. The molecule has 2 N–H and O–H groups in total. The summed E-state index contributed by atoms with van der Waals surface area (Å²) in [7, 11) is 0. The van der Waals surface area contributed by atoms with Gasteiger partial charge >= 0.3 is 0 Å². The molecule has 0 unspecified atom stereocenters. The van der Waals surface area contributed by atoms with Gasteiger partial charge in [-0.3, -0.25) is 9.89 Å². The molecule has 3 heterocycles. The second-order valence-corrected chi connectivity index (χ2v) is 6.98. The van der Waals surface area contributed by atoms with Gasteiger partial charge in [0.2, 0.25) is 0 Å². The highest BCUT2D eigenvalue weighted by molar-refractivity contribution is 7.13. The molecule has 1 fully saturated rings. The zero-order valence-electron chi connectivity index (χ0n) is 13.4. The number of hydrogen-bond acceptors (Lipinski definition) is 4. The van der Waals surface area contributed by atoms with Crippen LogP contribution in [0.5, 0.6) is 0 Å². The molecule has 1 aliphatic heterocycles. The molecule has 0 radical (unpaired) electrons. The summed E-state index contributed by atoms with van der Waals surface area (Å²) in [5, 5.41) is 12.5. The van der Waals surface area contributed by atoms with Crippen molar-refractivity contribution in [2.75, 3.05) is 18.0 Å². The van der Waals surface area contributed by atoms with Crippen LogP contribution in [0.25, 0.3) is 10.6 Å². The molecule has 5 nitrogen and oxygen atoms in total. The highest BCUT2D eigenvalue weighted by Gasteiger charge is 2.26. The van der Waals surface area contributed by atoms with E-state index in [2.05, 4.69) is 20.4 Å². The zero-order chi connectivity index (χ0) is 17.2. The molecule has 25 heavy (non-hydrogen) atoms. The Balaban J connectivity index is 1.39. The highest BCUT2D eigenvalue weighted by Crippen LogP contribution is 2.27. The van der Waals surface area contributed by atoms with E-state index in [0.717, 1.165) is 29.4 Å². The first-order valence-corrected chi connectivity index (χ1v) is 8.98. The van der Waals surface area contributed by atoms with Gasteiger partial charge in [-0.15, -0.1) is 11.3 Å². The molecule has 7 heteroatoms. The van der Waals surface area contributed by atoms with Crippen molar-refractivity contribution in [3.05, 3.63) is 59.2 Å². The number of hydrogen-bond donors (Lipinski definition) is 2. The molecule has 1 amide bonds. The summed E-state index contributed by atoms with van der Waals surface area (Å²) in [6.45, 7) is 1.51. The minimum atomic E-state index is -0.404. The fraction of sp³-hybridized carbons (Fsp3) is 0.222. The number of carbonyl (C=O) groups excluding carboxylic acids is 1. The molecule has 4 rings (SSSR count). The fourth-order valence-electron chi connectivity index (χ4n) is 3.02. The van der Waals surface area contributed by atoms with Crippen molar-refractivity contribution >= 4 is 23.1 Å². The molecule has 128 valence electrons. The number of nitrogens with zero attached hydrogens (tertiary/aromatic N) is 2. The average molecular weight is 356 g/mol. The monoisotopic (exact) mass is 356 g/mol. The number of anilines is 1. The number of nitrogens with one attached hydrogen (secondary N) is 2. The number of halogens is 1. The fourth-order valence-corrected chi connectivity index (χ4v) is 3.71. The van der Waals surface area contributed by atoms with Crippen LogP contribution < -0.4 is 10.2 Å². The Labute approximate surface area is 148 Å². The summed E-state index contributed by atoms with van der Waals surface area (Å²) in [5.74, 6) is 0.233. The number of rotatable bonds is 4. The van der Waals surface area contributed by atoms with E-state index in [1.54, 1.807) is 23.5 Å². The number of benzene rings is 1. The Morgan fingerprint density at radius 2 is 2.24 bits per heavy atom. The van der Waals surface area contributed by atoms with Crippen molar-refractivity contribution in [2.45, 2.75) is 12.5 Å². The third kappa shape index (κ3) is 3.41. The Hall–Kier alpha value is -2.67. The molecule has 1 saturated heterocycles. The maximum absolute atomic E-state index is 13.2. The van der Waals surface area contributed by atoms with Gasteiger partial charge < -0.3 is 10.2 Å². The zero-order valence-corrected chi connectivity index (χ0v) is 14.2. The first-order valence-electron chi connectivity index (χ1n) is 8.10. The van der Waals surface area contributed by atoms with Gasteiger partial charge in [-0.1, -0.05) is 12.1 Å². The summed E-state index contributed by atoms with van der Waals surface area (Å²) in [6.07, 6.45) is 0.836. The second kappa shape index (κ2) is 6.68. The summed E-state index contributed by atoms with van der Waals surface area (Å²) < 4.78 is 13.2. The third-order valence-electron chi connectivity index (χ3n) is 4.29. The van der Waals surface area contributed by atoms with Crippen LogP contribution in [0, 0.1) is 5.82 Å². The maximum atomic E-state index is 13.2. The minimum absolute atomic E-state index is 0.0256. The van der Waals surface area contributed by atoms with Gasteiger partial charge in [0.05, 0.1) is 10.6 Å². The molecule has 0 aliphatic carbocycles. The molecule has 1 atom stereocenters. The number of aromatic nitrogens is 2. The van der Waals surface area contributed by atoms with Crippen LogP contribution in [0.2, 0.25) is 0 Å². The molecule has 1 aliphatic rings. The number of carbonyl (C=O) groups is 1. The van der Waals surface area contributed by atoms with Crippen LogP contribution in [0.4, 0.5) is 10.2 Å². The van der Waals surface area contributed by atoms with Crippen molar-refractivity contribution in [2.24, 2.45) is 0 Å². The van der Waals surface area contributed by atoms with E-state index >= 15 is 0 Å². The van der Waals surface area contributed by atoms with Gasteiger partial charge in [-0.25, -0.2) is 4.39 Å². The van der Waals surface area contributed by atoms with E-state index in [1.165, 1.54) is 12.1 Å². The van der Waals surface area contributed by atoms with Crippen LogP contribution >= 0.6 is 11.3 Å². The van der Waals surface area contributed by atoms with Crippen LogP contribution in [-0.4, -0.2) is 35.2 Å². The minimum Gasteiger partial charge on any atom is -0.353 e. The van der Waals surface area contributed by atoms with Gasteiger partial charge in [0.25, 0.3) is 5.91 Å². The van der Waals surface area contributed by atoms with Crippen molar-refractivity contribution in [3.63, 3.8) is 0 Å². The lowest BCUT2D eigenvalue weighted by Crippen LogP contribution is -2.37. The largest absolute Gasteiger partial charge is 0.353 e. The molecule has 0 saturated carbocycles. The molecule has 0 bridgehead atoms. The standard InChI is InChI=1S/C18H17FN4OS/c19-13-4-1-3-12(9-13)18(24)20-14-6-7-23(11-14)17-10-15(21-22-17)16-5-2-8-25-16/h1-5,8-10,14H,6-7,11H2,(H,20,24)(H,21,22)/t14-/m1/s1. The maximum Gasteiger partial charge on any atom is 0.251 e. The Kier molecular flexibility index (Phi) is 4.23. The molecule has 2 aromatic heterocycles. The normalized spacial score (nSPS) is 17.0. The summed E-state index contributed by atoms with van der Waals surface area (Å²) in [6, 6.07) is 11.9. The number of H-pyrrole nitrogens is 1. The van der Waals surface area contributed by atoms with Gasteiger partial charge in [0, 0.05) is 30.8 Å². The lowest BCUT2D eigenvalue weighted by Gasteiger charge is -2.16. The van der Waals surface area contributed by atoms with Crippen LogP contribution in [0.15, 0.2) is 47.8 Å². The van der Waals surface area contributed by atoms with E-state index < -0.39 is 5.82 Å². The van der Waals surface area contributed by atoms with Gasteiger partial charge in [-0.05, 0) is 36.1 Å². The van der Waals surface area contributed by atoms with E-state index in [0.29, 0.717) is 12.1 Å². The average Bonchev–Trinajstić information content (AvgIpc) is 3.35. The summed E-state index contributed by atoms with van der Waals surface area (Å²) in [5.41, 5.74) is 1.34. The van der Waals surface area contributed by atoms with Gasteiger partial charge in [0.15, 0.2) is 5.82 Å². The lowest BCUT2D eigenvalue weighted by molar-refractivity contribution is 0.0940. The van der Waals surface area contributed by atoms with Crippen molar-refractivity contribution in [1.82, 2.24) is 15.5 Å². The van der Waals surface area contributed by atoms with Crippen molar-refractivity contribution in [3.8, 4) is 10.6 Å². The van der Waals surface area contributed by atoms with E-state index in [4.69, 9.17) is 0 Å².